The Kier molecular flexibility index (Phi) is 3.78. The fraction of sp³-hybridized carbons (Fsp3) is 0.0833. The minimum atomic E-state index is -0.445. The Morgan fingerprint density at radius 1 is 1.33 bits per heavy atom. The van der Waals surface area contributed by atoms with E-state index in [1.54, 1.807) is 0 Å². The topological polar surface area (TPSA) is 82.0 Å². The molecule has 0 saturated carbocycles. The van der Waals surface area contributed by atoms with Gasteiger partial charge in [0.25, 0.3) is 0 Å². The third-order valence-corrected chi connectivity index (χ3v) is 3.42. The van der Waals surface area contributed by atoms with Gasteiger partial charge in [0.2, 0.25) is 0 Å². The first-order valence-electron chi connectivity index (χ1n) is 5.23. The number of benzene rings is 1. The molecule has 0 spiro atoms. The summed E-state index contributed by atoms with van der Waals surface area (Å²) in [6.07, 6.45) is 1.20. The lowest BCUT2D eigenvalue weighted by molar-refractivity contribution is -0.388. The summed E-state index contributed by atoms with van der Waals surface area (Å²) in [6.45, 7) is 0. The highest BCUT2D eigenvalue weighted by atomic mass is 32.2. The summed E-state index contributed by atoms with van der Waals surface area (Å²) in [5.74, 6) is 0.946. The fourth-order valence-electron chi connectivity index (χ4n) is 1.43. The number of nitrogens with two attached hydrogens (primary N) is 1. The van der Waals surface area contributed by atoms with Gasteiger partial charge >= 0.3 is 5.69 Å². The molecule has 18 heavy (non-hydrogen) atoms. The van der Waals surface area contributed by atoms with Gasteiger partial charge in [-0.1, -0.05) is 30.3 Å². The average molecular weight is 261 g/mol. The molecule has 1 aromatic carbocycles. The molecular weight excluding hydrogens is 250 g/mol. The first-order valence-corrected chi connectivity index (χ1v) is 6.22. The number of thioether (sulfide) groups is 1. The van der Waals surface area contributed by atoms with Crippen LogP contribution in [-0.4, -0.2) is 9.91 Å². The Hall–Kier alpha value is -2.08. The van der Waals surface area contributed by atoms with Crippen LogP contribution in [0.2, 0.25) is 0 Å². The van der Waals surface area contributed by atoms with Gasteiger partial charge in [-0.25, -0.2) is 4.98 Å². The minimum Gasteiger partial charge on any atom is -0.384 e. The molecule has 92 valence electrons. The van der Waals surface area contributed by atoms with E-state index in [0.717, 1.165) is 5.56 Å². The van der Waals surface area contributed by atoms with Crippen molar-refractivity contribution in [3.05, 3.63) is 58.3 Å². The zero-order chi connectivity index (χ0) is 13.0. The van der Waals surface area contributed by atoms with Crippen molar-refractivity contribution in [3.8, 4) is 0 Å². The number of rotatable bonds is 4. The molecule has 0 amide bonds. The molecule has 2 aromatic rings. The first-order chi connectivity index (χ1) is 8.66. The zero-order valence-corrected chi connectivity index (χ0v) is 10.3. The van der Waals surface area contributed by atoms with E-state index in [9.17, 15) is 10.1 Å². The molecule has 1 aromatic heterocycles. The van der Waals surface area contributed by atoms with Crippen molar-refractivity contribution in [2.24, 2.45) is 0 Å². The van der Waals surface area contributed by atoms with E-state index in [0.29, 0.717) is 10.6 Å². The van der Waals surface area contributed by atoms with E-state index >= 15 is 0 Å². The lowest BCUT2D eigenvalue weighted by Gasteiger charge is -2.03. The second-order valence-electron chi connectivity index (χ2n) is 3.61. The Morgan fingerprint density at radius 3 is 2.72 bits per heavy atom. The highest BCUT2D eigenvalue weighted by Gasteiger charge is 2.15. The van der Waals surface area contributed by atoms with Crippen LogP contribution in [0.5, 0.6) is 0 Å². The largest absolute Gasteiger partial charge is 0.384 e. The van der Waals surface area contributed by atoms with Gasteiger partial charge in [-0.3, -0.25) is 10.1 Å². The van der Waals surface area contributed by atoms with Crippen LogP contribution in [0.4, 0.5) is 11.5 Å². The standard InChI is InChI=1S/C12H11N3O2S/c13-12-6-11(10(7-14-12)15(16)17)18-8-9-4-2-1-3-5-9/h1-7H,8H2,(H2,13,14). The highest BCUT2D eigenvalue weighted by molar-refractivity contribution is 7.98. The lowest BCUT2D eigenvalue weighted by atomic mass is 10.2. The zero-order valence-electron chi connectivity index (χ0n) is 9.45. The van der Waals surface area contributed by atoms with Crippen LogP contribution >= 0.6 is 11.8 Å². The van der Waals surface area contributed by atoms with Crippen molar-refractivity contribution in [1.29, 1.82) is 0 Å². The average Bonchev–Trinajstić information content (AvgIpc) is 2.37. The molecule has 1 heterocycles. The molecule has 5 nitrogen and oxygen atoms in total. The Bertz CT molecular complexity index is 561. The lowest BCUT2D eigenvalue weighted by Crippen LogP contribution is -1.96. The number of nitro groups is 1. The van der Waals surface area contributed by atoms with Gasteiger partial charge in [-0.15, -0.1) is 11.8 Å². The first kappa shape index (κ1) is 12.4. The SMILES string of the molecule is Nc1cc(SCc2ccccc2)c([N+](=O)[O-])cn1. The van der Waals surface area contributed by atoms with Crippen molar-refractivity contribution >= 4 is 23.3 Å². The predicted molar refractivity (Wildman–Crippen MR) is 71.3 cm³/mol. The smallest absolute Gasteiger partial charge is 0.301 e. The number of hydrogen-bond acceptors (Lipinski definition) is 5. The van der Waals surface area contributed by atoms with E-state index < -0.39 is 4.92 Å². The maximum absolute atomic E-state index is 10.9. The Labute approximate surface area is 108 Å². The molecule has 0 aliphatic carbocycles. The van der Waals surface area contributed by atoms with Crippen molar-refractivity contribution in [2.75, 3.05) is 5.73 Å². The van der Waals surface area contributed by atoms with Gasteiger partial charge in [0, 0.05) is 11.8 Å². The summed E-state index contributed by atoms with van der Waals surface area (Å²) in [7, 11) is 0. The molecular formula is C12H11N3O2S. The van der Waals surface area contributed by atoms with Crippen LogP contribution in [-0.2, 0) is 5.75 Å². The molecule has 0 radical (unpaired) electrons. The van der Waals surface area contributed by atoms with Gasteiger partial charge in [-0.2, -0.15) is 0 Å². The minimum absolute atomic E-state index is 0.00914. The number of nitrogens with zero attached hydrogens (tertiary/aromatic N) is 2. The molecule has 0 aliphatic heterocycles. The summed E-state index contributed by atoms with van der Waals surface area (Å²) >= 11 is 1.38. The maximum Gasteiger partial charge on any atom is 0.301 e. The van der Waals surface area contributed by atoms with Gasteiger partial charge in [0.1, 0.15) is 12.0 Å². The number of pyridine rings is 1. The predicted octanol–water partition coefficient (Wildman–Crippen LogP) is 2.86. The monoisotopic (exact) mass is 261 g/mol. The number of hydrogen-bond donors (Lipinski definition) is 1. The van der Waals surface area contributed by atoms with E-state index in [1.807, 2.05) is 30.3 Å². The van der Waals surface area contributed by atoms with Crippen LogP contribution in [0.1, 0.15) is 5.56 Å². The normalized spacial score (nSPS) is 10.2. The Morgan fingerprint density at radius 2 is 2.06 bits per heavy atom. The van der Waals surface area contributed by atoms with Crippen LogP contribution in [0.15, 0.2) is 47.5 Å². The van der Waals surface area contributed by atoms with Crippen molar-refractivity contribution in [2.45, 2.75) is 10.6 Å². The van der Waals surface area contributed by atoms with Crippen molar-refractivity contribution in [3.63, 3.8) is 0 Å². The van der Waals surface area contributed by atoms with Crippen molar-refractivity contribution < 1.29 is 4.92 Å². The highest BCUT2D eigenvalue weighted by Crippen LogP contribution is 2.31. The third-order valence-electron chi connectivity index (χ3n) is 2.30. The van der Waals surface area contributed by atoms with E-state index in [2.05, 4.69) is 4.98 Å². The molecule has 6 heteroatoms. The molecule has 2 rings (SSSR count). The van der Waals surface area contributed by atoms with Crippen LogP contribution in [0.3, 0.4) is 0 Å². The summed E-state index contributed by atoms with van der Waals surface area (Å²) in [6, 6.07) is 11.3. The third kappa shape index (κ3) is 2.98. The molecule has 0 atom stereocenters. The molecule has 2 N–H and O–H groups in total. The van der Waals surface area contributed by atoms with Gasteiger partial charge in [-0.05, 0) is 5.56 Å². The van der Waals surface area contributed by atoms with Crippen molar-refractivity contribution in [1.82, 2.24) is 4.98 Å². The summed E-state index contributed by atoms with van der Waals surface area (Å²) < 4.78 is 0. The summed E-state index contributed by atoms with van der Waals surface area (Å²) in [5.41, 5.74) is 6.64. The van der Waals surface area contributed by atoms with Gasteiger partial charge < -0.3 is 5.73 Å². The summed E-state index contributed by atoms with van der Waals surface area (Å²) in [4.78, 5) is 14.7. The van der Waals surface area contributed by atoms with E-state index in [1.165, 1.54) is 24.0 Å². The second kappa shape index (κ2) is 5.50. The van der Waals surface area contributed by atoms with Crippen LogP contribution in [0, 0.1) is 10.1 Å². The molecule has 0 unspecified atom stereocenters. The number of anilines is 1. The molecule has 0 fully saturated rings. The second-order valence-corrected chi connectivity index (χ2v) is 4.63. The van der Waals surface area contributed by atoms with Crippen LogP contribution in [0.25, 0.3) is 0 Å². The van der Waals surface area contributed by atoms with E-state index in [-0.39, 0.29) is 11.5 Å². The van der Waals surface area contributed by atoms with E-state index in [4.69, 9.17) is 5.73 Å². The molecule has 0 saturated heterocycles. The van der Waals surface area contributed by atoms with Gasteiger partial charge in [0.05, 0.1) is 9.82 Å². The summed E-state index contributed by atoms with van der Waals surface area (Å²) in [5, 5.41) is 10.9. The number of nitrogen functional groups attached to an aromatic ring is 1. The molecule has 0 aliphatic rings. The van der Waals surface area contributed by atoms with Crippen LogP contribution < -0.4 is 5.73 Å². The van der Waals surface area contributed by atoms with Gasteiger partial charge in [0.15, 0.2) is 0 Å². The fourth-order valence-corrected chi connectivity index (χ4v) is 2.43. The molecule has 0 bridgehead atoms. The Balaban J connectivity index is 2.18. The number of aromatic nitrogens is 1. The quantitative estimate of drug-likeness (QED) is 0.520. The maximum atomic E-state index is 10.9.